The third-order valence-corrected chi connectivity index (χ3v) is 3.84. The van der Waals surface area contributed by atoms with E-state index in [4.69, 9.17) is 32.7 Å². The Bertz CT molecular complexity index is 551. The summed E-state index contributed by atoms with van der Waals surface area (Å²) in [6, 6.07) is 5.00. The number of carbonyl (C=O) groups excluding carboxylic acids is 2. The summed E-state index contributed by atoms with van der Waals surface area (Å²) in [5, 5.41) is 0.987. The Labute approximate surface area is 152 Å². The average Bonchev–Trinajstić information content (AvgIpc) is 2.54. The van der Waals surface area contributed by atoms with Gasteiger partial charge in [0.05, 0.1) is 24.7 Å². The number of benzene rings is 1. The highest BCUT2D eigenvalue weighted by atomic mass is 35.5. The Morgan fingerprint density at radius 2 is 1.92 bits per heavy atom. The average molecular weight is 376 g/mol. The van der Waals surface area contributed by atoms with Gasteiger partial charge < -0.3 is 14.4 Å². The number of hydrogen-bond acceptors (Lipinski definition) is 4. The monoisotopic (exact) mass is 375 g/mol. The van der Waals surface area contributed by atoms with Crippen molar-refractivity contribution in [2.75, 3.05) is 26.3 Å². The maximum absolute atomic E-state index is 12.1. The first-order valence-electron chi connectivity index (χ1n) is 7.99. The lowest BCUT2D eigenvalue weighted by atomic mass is 10.2. The molecular weight excluding hydrogens is 353 g/mol. The van der Waals surface area contributed by atoms with Crippen molar-refractivity contribution >= 4 is 35.1 Å². The second-order valence-electron chi connectivity index (χ2n) is 5.06. The van der Waals surface area contributed by atoms with Gasteiger partial charge in [-0.25, -0.2) is 0 Å². The van der Waals surface area contributed by atoms with Crippen LogP contribution in [0.1, 0.15) is 33.1 Å². The molecule has 0 bridgehead atoms. The number of hydrogen-bond donors (Lipinski definition) is 0. The molecule has 0 radical (unpaired) electrons. The molecular formula is C17H23Cl2NO4. The van der Waals surface area contributed by atoms with E-state index in [9.17, 15) is 9.59 Å². The molecule has 1 aromatic carbocycles. The van der Waals surface area contributed by atoms with Crippen LogP contribution in [-0.2, 0) is 14.3 Å². The first-order valence-corrected chi connectivity index (χ1v) is 8.74. The van der Waals surface area contributed by atoms with E-state index in [0.717, 1.165) is 0 Å². The number of carbonyl (C=O) groups is 2. The normalized spacial score (nSPS) is 10.3. The molecule has 0 aromatic heterocycles. The highest BCUT2D eigenvalue weighted by molar-refractivity contribution is 6.35. The molecule has 1 aromatic rings. The summed E-state index contributed by atoms with van der Waals surface area (Å²) in [5.41, 5.74) is 0. The van der Waals surface area contributed by atoms with Crippen molar-refractivity contribution in [2.24, 2.45) is 0 Å². The van der Waals surface area contributed by atoms with Crippen LogP contribution < -0.4 is 4.74 Å². The van der Waals surface area contributed by atoms with E-state index >= 15 is 0 Å². The minimum atomic E-state index is -0.288. The molecule has 0 saturated heterocycles. The topological polar surface area (TPSA) is 55.8 Å². The van der Waals surface area contributed by atoms with Crippen molar-refractivity contribution in [1.29, 1.82) is 0 Å². The zero-order valence-corrected chi connectivity index (χ0v) is 15.5. The minimum Gasteiger partial charge on any atom is -0.492 e. The summed E-state index contributed by atoms with van der Waals surface area (Å²) >= 11 is 11.8. The molecule has 0 aliphatic heterocycles. The quantitative estimate of drug-likeness (QED) is 0.458. The van der Waals surface area contributed by atoms with E-state index in [-0.39, 0.29) is 18.3 Å². The molecule has 0 atom stereocenters. The molecule has 0 unspecified atom stereocenters. The summed E-state index contributed by atoms with van der Waals surface area (Å²) in [7, 11) is 0. The van der Waals surface area contributed by atoms with Gasteiger partial charge in [-0.3, -0.25) is 9.59 Å². The van der Waals surface area contributed by atoms with Gasteiger partial charge in [-0.1, -0.05) is 23.2 Å². The van der Waals surface area contributed by atoms with Crippen molar-refractivity contribution in [2.45, 2.75) is 33.1 Å². The van der Waals surface area contributed by atoms with E-state index in [1.807, 2.05) is 6.92 Å². The molecule has 7 heteroatoms. The number of halogens is 2. The molecule has 134 valence electrons. The van der Waals surface area contributed by atoms with Gasteiger partial charge >= 0.3 is 5.97 Å². The Morgan fingerprint density at radius 3 is 2.54 bits per heavy atom. The van der Waals surface area contributed by atoms with Gasteiger partial charge in [0.2, 0.25) is 5.91 Å². The summed E-state index contributed by atoms with van der Waals surface area (Å²) in [4.78, 5) is 25.1. The highest BCUT2D eigenvalue weighted by Crippen LogP contribution is 2.27. The van der Waals surface area contributed by atoms with Crippen LogP contribution in [0.15, 0.2) is 18.2 Å². The van der Waals surface area contributed by atoms with Gasteiger partial charge in [-0.2, -0.15) is 0 Å². The molecule has 5 nitrogen and oxygen atoms in total. The number of esters is 1. The molecule has 1 amide bonds. The molecule has 0 spiro atoms. The van der Waals surface area contributed by atoms with Crippen molar-refractivity contribution in [3.63, 3.8) is 0 Å². The molecule has 1 rings (SSSR count). The zero-order chi connectivity index (χ0) is 17.9. The number of nitrogens with zero attached hydrogens (tertiary/aromatic N) is 1. The molecule has 0 fully saturated rings. The highest BCUT2D eigenvalue weighted by Gasteiger charge is 2.13. The Balaban J connectivity index is 2.31. The van der Waals surface area contributed by atoms with Crippen LogP contribution in [0.5, 0.6) is 5.75 Å². The first kappa shape index (κ1) is 20.6. The lowest BCUT2D eigenvalue weighted by Gasteiger charge is -2.20. The van der Waals surface area contributed by atoms with Crippen LogP contribution in [0.25, 0.3) is 0 Å². The Kier molecular flexibility index (Phi) is 9.57. The van der Waals surface area contributed by atoms with E-state index < -0.39 is 0 Å². The van der Waals surface area contributed by atoms with Crippen LogP contribution in [0.4, 0.5) is 0 Å². The maximum Gasteiger partial charge on any atom is 0.307 e. The standard InChI is InChI=1S/C17H23Cl2NO4/c1-3-20(10-9-17(22)23-4-2)16(21)6-5-11-24-15-8-7-13(18)12-14(15)19/h7-8,12H,3-6,9-11H2,1-2H3. The summed E-state index contributed by atoms with van der Waals surface area (Å²) in [6.07, 6.45) is 1.12. The smallest absolute Gasteiger partial charge is 0.307 e. The van der Waals surface area contributed by atoms with Crippen molar-refractivity contribution in [3.8, 4) is 5.75 Å². The second kappa shape index (κ2) is 11.2. The predicted molar refractivity (Wildman–Crippen MR) is 94.7 cm³/mol. The first-order chi connectivity index (χ1) is 11.5. The van der Waals surface area contributed by atoms with Crippen molar-refractivity contribution in [3.05, 3.63) is 28.2 Å². The third-order valence-electron chi connectivity index (χ3n) is 3.31. The fraction of sp³-hybridized carbons (Fsp3) is 0.529. The molecule has 0 saturated carbocycles. The maximum atomic E-state index is 12.1. The van der Waals surface area contributed by atoms with Gasteiger partial charge in [-0.15, -0.1) is 0 Å². The lowest BCUT2D eigenvalue weighted by Crippen LogP contribution is -2.33. The summed E-state index contributed by atoms with van der Waals surface area (Å²) in [6.45, 7) is 5.30. The van der Waals surface area contributed by atoms with Crippen LogP contribution in [0.2, 0.25) is 10.0 Å². The lowest BCUT2D eigenvalue weighted by molar-refractivity contribution is -0.144. The van der Waals surface area contributed by atoms with Gasteiger partial charge in [0.1, 0.15) is 5.75 Å². The molecule has 0 aliphatic rings. The largest absolute Gasteiger partial charge is 0.492 e. The number of ether oxygens (including phenoxy) is 2. The van der Waals surface area contributed by atoms with Gasteiger partial charge in [0.15, 0.2) is 0 Å². The summed E-state index contributed by atoms with van der Waals surface area (Å²) < 4.78 is 10.4. The van der Waals surface area contributed by atoms with Crippen LogP contribution >= 0.6 is 23.2 Å². The zero-order valence-electron chi connectivity index (χ0n) is 14.0. The molecule has 24 heavy (non-hydrogen) atoms. The Hall–Kier alpha value is -1.46. The number of amides is 1. The number of rotatable bonds is 10. The van der Waals surface area contributed by atoms with Crippen LogP contribution in [0, 0.1) is 0 Å². The van der Waals surface area contributed by atoms with Gasteiger partial charge in [0.25, 0.3) is 0 Å². The van der Waals surface area contributed by atoms with Crippen LogP contribution in [-0.4, -0.2) is 43.1 Å². The fourth-order valence-corrected chi connectivity index (χ4v) is 2.54. The van der Waals surface area contributed by atoms with Gasteiger partial charge in [0, 0.05) is 24.5 Å². The van der Waals surface area contributed by atoms with E-state index in [1.54, 1.807) is 30.0 Å². The second-order valence-corrected chi connectivity index (χ2v) is 5.90. The molecule has 0 aliphatic carbocycles. The SMILES string of the molecule is CCOC(=O)CCN(CC)C(=O)CCCOc1ccc(Cl)cc1Cl. The van der Waals surface area contributed by atoms with Crippen molar-refractivity contribution < 1.29 is 19.1 Å². The summed E-state index contributed by atoms with van der Waals surface area (Å²) in [5.74, 6) is 0.250. The van der Waals surface area contributed by atoms with Crippen molar-refractivity contribution in [1.82, 2.24) is 4.90 Å². The molecule has 0 N–H and O–H groups in total. The third kappa shape index (κ3) is 7.41. The van der Waals surface area contributed by atoms with Crippen LogP contribution in [0.3, 0.4) is 0 Å². The Morgan fingerprint density at radius 1 is 1.17 bits per heavy atom. The predicted octanol–water partition coefficient (Wildman–Crippen LogP) is 3.95. The molecule has 0 heterocycles. The van der Waals surface area contributed by atoms with Gasteiger partial charge in [-0.05, 0) is 38.5 Å². The van der Waals surface area contributed by atoms with E-state index in [0.29, 0.717) is 54.9 Å². The van der Waals surface area contributed by atoms with E-state index in [2.05, 4.69) is 0 Å². The minimum absolute atomic E-state index is 0.00685. The van der Waals surface area contributed by atoms with E-state index in [1.165, 1.54) is 0 Å². The fourth-order valence-electron chi connectivity index (χ4n) is 2.07.